The zero-order valence-electron chi connectivity index (χ0n) is 17.9. The second kappa shape index (κ2) is 8.27. The van der Waals surface area contributed by atoms with Crippen molar-refractivity contribution >= 4 is 12.0 Å². The smallest absolute Gasteiger partial charge is 0.410 e. The molecule has 0 aliphatic carbocycles. The zero-order chi connectivity index (χ0) is 21.2. The van der Waals surface area contributed by atoms with Crippen molar-refractivity contribution in [2.24, 2.45) is 7.05 Å². The summed E-state index contributed by atoms with van der Waals surface area (Å²) in [5.41, 5.74) is 2.58. The molecule has 0 spiro atoms. The summed E-state index contributed by atoms with van der Waals surface area (Å²) in [6.07, 6.45) is 4.58. The topological polar surface area (TPSA) is 67.7 Å². The van der Waals surface area contributed by atoms with Crippen LogP contribution in [0.5, 0.6) is 0 Å². The van der Waals surface area contributed by atoms with Crippen LogP contribution in [0, 0.1) is 0 Å². The van der Waals surface area contributed by atoms with Gasteiger partial charge >= 0.3 is 6.09 Å². The van der Waals surface area contributed by atoms with Gasteiger partial charge < -0.3 is 14.5 Å². The molecule has 1 aliphatic rings. The van der Waals surface area contributed by atoms with Gasteiger partial charge in [0.1, 0.15) is 5.60 Å². The number of carbonyl (C=O) groups excluding carboxylic acids is 2. The fourth-order valence-corrected chi connectivity index (χ4v) is 3.44. The van der Waals surface area contributed by atoms with Crippen LogP contribution in [-0.2, 0) is 23.0 Å². The molecule has 2 heterocycles. The first-order chi connectivity index (χ1) is 13.6. The van der Waals surface area contributed by atoms with Crippen molar-refractivity contribution in [3.05, 3.63) is 42.2 Å². The Hall–Kier alpha value is -2.83. The number of aryl methyl sites for hydroxylation is 1. The van der Waals surface area contributed by atoms with E-state index in [1.54, 1.807) is 14.5 Å². The van der Waals surface area contributed by atoms with E-state index < -0.39 is 5.60 Å². The predicted molar refractivity (Wildman–Crippen MR) is 111 cm³/mol. The van der Waals surface area contributed by atoms with Crippen molar-refractivity contribution in [2.75, 3.05) is 20.1 Å². The second-order valence-electron chi connectivity index (χ2n) is 8.65. The third-order valence-electron chi connectivity index (χ3n) is 5.10. The number of hydrogen-bond acceptors (Lipinski definition) is 4. The molecule has 3 rings (SSSR count). The minimum Gasteiger partial charge on any atom is -0.444 e. The lowest BCUT2D eigenvalue weighted by Crippen LogP contribution is -2.41. The van der Waals surface area contributed by atoms with Gasteiger partial charge in [-0.05, 0) is 38.3 Å². The van der Waals surface area contributed by atoms with Gasteiger partial charge in [0.2, 0.25) is 5.91 Å². The average Bonchev–Trinajstić information content (AvgIpc) is 3.29. The van der Waals surface area contributed by atoms with Gasteiger partial charge in [0, 0.05) is 38.9 Å². The van der Waals surface area contributed by atoms with Crippen LogP contribution >= 0.6 is 0 Å². The number of hydrogen-bond donors (Lipinski definition) is 0. The van der Waals surface area contributed by atoms with E-state index in [-0.39, 0.29) is 18.0 Å². The molecule has 0 N–H and O–H groups in total. The molecule has 0 bridgehead atoms. The Morgan fingerprint density at radius 1 is 1.21 bits per heavy atom. The number of likely N-dealkylation sites (tertiary alicyclic amines) is 1. The first-order valence-corrected chi connectivity index (χ1v) is 9.94. The maximum absolute atomic E-state index is 12.7. The number of carbonyl (C=O) groups is 2. The van der Waals surface area contributed by atoms with Gasteiger partial charge in [0.25, 0.3) is 0 Å². The molecule has 1 fully saturated rings. The van der Waals surface area contributed by atoms with E-state index in [9.17, 15) is 9.59 Å². The highest BCUT2D eigenvalue weighted by atomic mass is 16.6. The minimum absolute atomic E-state index is 0.0182. The summed E-state index contributed by atoms with van der Waals surface area (Å²) in [5.74, 6) is 0.0511. The Bertz CT molecular complexity index is 867. The Morgan fingerprint density at radius 3 is 2.48 bits per heavy atom. The molecule has 156 valence electrons. The van der Waals surface area contributed by atoms with Crippen LogP contribution in [0.25, 0.3) is 11.1 Å². The van der Waals surface area contributed by atoms with Crippen molar-refractivity contribution in [1.29, 1.82) is 0 Å². The Balaban J connectivity index is 1.55. The van der Waals surface area contributed by atoms with Crippen LogP contribution < -0.4 is 0 Å². The van der Waals surface area contributed by atoms with Gasteiger partial charge in [0.05, 0.1) is 18.7 Å². The van der Waals surface area contributed by atoms with Gasteiger partial charge in [0.15, 0.2) is 0 Å². The molecule has 7 heteroatoms. The molecule has 1 atom stereocenters. The van der Waals surface area contributed by atoms with Crippen molar-refractivity contribution in [3.63, 3.8) is 0 Å². The van der Waals surface area contributed by atoms with Crippen molar-refractivity contribution in [2.45, 2.75) is 45.3 Å². The number of aromatic nitrogens is 2. The largest absolute Gasteiger partial charge is 0.444 e. The summed E-state index contributed by atoms with van der Waals surface area (Å²) in [4.78, 5) is 28.4. The summed E-state index contributed by atoms with van der Waals surface area (Å²) in [7, 11) is 3.70. The summed E-state index contributed by atoms with van der Waals surface area (Å²) in [5, 5.41) is 4.19. The second-order valence-corrected chi connectivity index (χ2v) is 8.65. The standard InChI is InChI=1S/C22H30N4O3/c1-22(2,3)29-21(28)26-11-10-19(15-26)25(5)20(27)12-16-6-8-17(9-7-16)18-13-23-24(4)14-18/h6-9,13-14,19H,10-12,15H2,1-5H3/t19-/m1/s1. The maximum Gasteiger partial charge on any atom is 0.410 e. The summed E-state index contributed by atoms with van der Waals surface area (Å²) < 4.78 is 7.20. The summed E-state index contributed by atoms with van der Waals surface area (Å²) in [6, 6.07) is 8.01. The van der Waals surface area contributed by atoms with Crippen molar-refractivity contribution < 1.29 is 14.3 Å². The summed E-state index contributed by atoms with van der Waals surface area (Å²) in [6.45, 7) is 6.68. The molecule has 7 nitrogen and oxygen atoms in total. The fraction of sp³-hybridized carbons (Fsp3) is 0.500. The lowest BCUT2D eigenvalue weighted by Gasteiger charge is -2.27. The molecule has 0 unspecified atom stereocenters. The van der Waals surface area contributed by atoms with E-state index in [1.165, 1.54) is 0 Å². The maximum atomic E-state index is 12.7. The van der Waals surface area contributed by atoms with Crippen LogP contribution in [0.3, 0.4) is 0 Å². The van der Waals surface area contributed by atoms with E-state index in [2.05, 4.69) is 5.10 Å². The fourth-order valence-electron chi connectivity index (χ4n) is 3.44. The van der Waals surface area contributed by atoms with E-state index in [4.69, 9.17) is 4.74 Å². The van der Waals surface area contributed by atoms with Gasteiger partial charge in [-0.2, -0.15) is 5.10 Å². The third kappa shape index (κ3) is 5.37. The van der Waals surface area contributed by atoms with Crippen LogP contribution in [0.2, 0.25) is 0 Å². The molecule has 0 saturated carbocycles. The first-order valence-electron chi connectivity index (χ1n) is 9.94. The first kappa shape index (κ1) is 20.9. The molecule has 1 aromatic carbocycles. The minimum atomic E-state index is -0.515. The number of benzene rings is 1. The Labute approximate surface area is 172 Å². The molecule has 29 heavy (non-hydrogen) atoms. The van der Waals surface area contributed by atoms with Crippen LogP contribution in [-0.4, -0.2) is 63.4 Å². The van der Waals surface area contributed by atoms with Gasteiger partial charge in [-0.25, -0.2) is 4.79 Å². The quantitative estimate of drug-likeness (QED) is 0.794. The molecule has 1 aromatic heterocycles. The lowest BCUT2D eigenvalue weighted by atomic mass is 10.0. The number of rotatable bonds is 4. The highest BCUT2D eigenvalue weighted by molar-refractivity contribution is 5.79. The van der Waals surface area contributed by atoms with Crippen molar-refractivity contribution in [1.82, 2.24) is 19.6 Å². The molecule has 2 amide bonds. The SMILES string of the molecule is CN(C(=O)Cc1ccc(-c2cnn(C)c2)cc1)[C@@H]1CCN(C(=O)OC(C)(C)C)C1. The average molecular weight is 399 g/mol. The van der Waals surface area contributed by atoms with E-state index >= 15 is 0 Å². The molecule has 1 aliphatic heterocycles. The van der Waals surface area contributed by atoms with Gasteiger partial charge in [-0.1, -0.05) is 24.3 Å². The van der Waals surface area contributed by atoms with E-state index in [0.29, 0.717) is 19.5 Å². The number of likely N-dealkylation sites (N-methyl/N-ethyl adjacent to an activating group) is 1. The number of ether oxygens (including phenoxy) is 1. The van der Waals surface area contributed by atoms with E-state index in [1.807, 2.05) is 71.5 Å². The van der Waals surface area contributed by atoms with Gasteiger partial charge in [-0.15, -0.1) is 0 Å². The van der Waals surface area contributed by atoms with Crippen LogP contribution in [0.15, 0.2) is 36.7 Å². The monoisotopic (exact) mass is 398 g/mol. The highest BCUT2D eigenvalue weighted by Gasteiger charge is 2.33. The van der Waals surface area contributed by atoms with Crippen molar-refractivity contribution in [3.8, 4) is 11.1 Å². The van der Waals surface area contributed by atoms with Crippen LogP contribution in [0.1, 0.15) is 32.8 Å². The zero-order valence-corrected chi connectivity index (χ0v) is 17.9. The molecule has 1 saturated heterocycles. The predicted octanol–water partition coefficient (Wildman–Crippen LogP) is 3.10. The number of amides is 2. The lowest BCUT2D eigenvalue weighted by molar-refractivity contribution is -0.131. The van der Waals surface area contributed by atoms with Crippen LogP contribution in [0.4, 0.5) is 4.79 Å². The molecule has 2 aromatic rings. The molecular weight excluding hydrogens is 368 g/mol. The van der Waals surface area contributed by atoms with E-state index in [0.717, 1.165) is 23.1 Å². The summed E-state index contributed by atoms with van der Waals surface area (Å²) >= 11 is 0. The number of nitrogens with zero attached hydrogens (tertiary/aromatic N) is 4. The normalized spacial score (nSPS) is 16.7. The molecule has 0 radical (unpaired) electrons. The Morgan fingerprint density at radius 2 is 1.90 bits per heavy atom. The Kier molecular flexibility index (Phi) is 5.96. The van der Waals surface area contributed by atoms with Gasteiger partial charge in [-0.3, -0.25) is 9.48 Å². The molecular formula is C22H30N4O3. The third-order valence-corrected chi connectivity index (χ3v) is 5.10. The highest BCUT2D eigenvalue weighted by Crippen LogP contribution is 2.21.